The van der Waals surface area contributed by atoms with Gasteiger partial charge in [-0.1, -0.05) is 38.3 Å². The van der Waals surface area contributed by atoms with Crippen LogP contribution in [0.4, 0.5) is 13.2 Å². The highest BCUT2D eigenvalue weighted by Crippen LogP contribution is 2.43. The lowest BCUT2D eigenvalue weighted by atomic mass is 9.76. The highest BCUT2D eigenvalue weighted by atomic mass is 19.4. The number of hydrogen-bond acceptors (Lipinski definition) is 2. The molecule has 1 aromatic carbocycles. The second-order valence-corrected chi connectivity index (χ2v) is 7.79. The molecule has 0 radical (unpaired) electrons. The third-order valence-electron chi connectivity index (χ3n) is 6.03. The van der Waals surface area contributed by atoms with Crippen LogP contribution in [0.2, 0.25) is 0 Å². The Balaban J connectivity index is 2.13. The number of alkyl halides is 3. The maximum Gasteiger partial charge on any atom is 0.416 e. The zero-order valence-corrected chi connectivity index (χ0v) is 16.9. The molecule has 3 rings (SSSR count). The van der Waals surface area contributed by atoms with Crippen LogP contribution in [0.3, 0.4) is 0 Å². The van der Waals surface area contributed by atoms with Gasteiger partial charge < -0.3 is 10.2 Å². The number of likely N-dealkylation sites (N-methyl/N-ethyl adjacent to an activating group) is 1. The molecule has 1 N–H and O–H groups in total. The van der Waals surface area contributed by atoms with E-state index in [9.17, 15) is 22.8 Å². The Morgan fingerprint density at radius 2 is 1.86 bits per heavy atom. The zero-order chi connectivity index (χ0) is 21.2. The zero-order valence-electron chi connectivity index (χ0n) is 16.9. The van der Waals surface area contributed by atoms with Gasteiger partial charge in [0, 0.05) is 25.1 Å². The van der Waals surface area contributed by atoms with E-state index in [0.717, 1.165) is 49.8 Å². The third kappa shape index (κ3) is 4.19. The second kappa shape index (κ2) is 8.20. The van der Waals surface area contributed by atoms with E-state index in [1.807, 2.05) is 6.92 Å². The van der Waals surface area contributed by atoms with Crippen molar-refractivity contribution < 1.29 is 22.8 Å². The van der Waals surface area contributed by atoms with Crippen molar-refractivity contribution in [3.63, 3.8) is 0 Å². The van der Waals surface area contributed by atoms with Crippen molar-refractivity contribution >= 4 is 17.4 Å². The van der Waals surface area contributed by atoms with Crippen molar-refractivity contribution in [3.8, 4) is 0 Å². The Morgan fingerprint density at radius 3 is 2.45 bits per heavy atom. The molecular weight excluding hydrogens is 381 g/mol. The van der Waals surface area contributed by atoms with Crippen LogP contribution in [0.25, 0.3) is 5.57 Å². The Kier molecular flexibility index (Phi) is 6.05. The van der Waals surface area contributed by atoms with Gasteiger partial charge in [-0.3, -0.25) is 9.59 Å². The van der Waals surface area contributed by atoms with E-state index in [2.05, 4.69) is 5.32 Å². The van der Waals surface area contributed by atoms with Crippen molar-refractivity contribution in [2.75, 3.05) is 13.1 Å². The summed E-state index contributed by atoms with van der Waals surface area (Å²) in [6.07, 6.45) is 0.287. The number of halogens is 3. The van der Waals surface area contributed by atoms with Gasteiger partial charge in [-0.25, -0.2) is 0 Å². The summed E-state index contributed by atoms with van der Waals surface area (Å²) in [5.74, 6) is -0.380. The van der Waals surface area contributed by atoms with Gasteiger partial charge in [0.1, 0.15) is 0 Å². The SMILES string of the molecule is CCC(=O)N(CC)CC1=C(c2cccc(C(F)(F)F)c2)C(=O)NC12CCCCC2. The van der Waals surface area contributed by atoms with Crippen LogP contribution in [-0.2, 0) is 15.8 Å². The molecule has 2 amide bonds. The average molecular weight is 408 g/mol. The maximum absolute atomic E-state index is 13.2. The van der Waals surface area contributed by atoms with Crippen LogP contribution >= 0.6 is 0 Å². The molecule has 1 fully saturated rings. The highest BCUT2D eigenvalue weighted by molar-refractivity contribution is 6.24. The number of nitrogens with zero attached hydrogens (tertiary/aromatic N) is 1. The van der Waals surface area contributed by atoms with Crippen LogP contribution < -0.4 is 5.32 Å². The van der Waals surface area contributed by atoms with Crippen molar-refractivity contribution in [1.29, 1.82) is 0 Å². The van der Waals surface area contributed by atoms with Gasteiger partial charge in [0.05, 0.1) is 11.1 Å². The fourth-order valence-corrected chi connectivity index (χ4v) is 4.49. The van der Waals surface area contributed by atoms with E-state index in [4.69, 9.17) is 0 Å². The molecule has 1 heterocycles. The number of hydrogen-bond donors (Lipinski definition) is 1. The number of carbonyl (C=O) groups excluding carboxylic acids is 2. The number of benzene rings is 1. The van der Waals surface area contributed by atoms with Gasteiger partial charge in [0.2, 0.25) is 5.91 Å². The first kappa shape index (κ1) is 21.4. The van der Waals surface area contributed by atoms with Crippen LogP contribution in [0.1, 0.15) is 63.5 Å². The van der Waals surface area contributed by atoms with Crippen LogP contribution in [0.15, 0.2) is 29.8 Å². The van der Waals surface area contributed by atoms with Gasteiger partial charge in [-0.15, -0.1) is 0 Å². The molecule has 0 unspecified atom stereocenters. The molecule has 1 aliphatic heterocycles. The standard InChI is InChI=1S/C22H27F3N2O2/c1-3-18(28)27(4-2)14-17-19(15-9-8-10-16(13-15)22(23,24)25)20(29)26-21(17)11-6-5-7-12-21/h8-10,13H,3-7,11-12,14H2,1-2H3,(H,26,29). The molecule has 0 saturated heterocycles. The van der Waals surface area contributed by atoms with E-state index in [-0.39, 0.29) is 23.9 Å². The quantitative estimate of drug-likeness (QED) is 0.777. The first-order chi connectivity index (χ1) is 13.7. The number of rotatable bonds is 5. The average Bonchev–Trinajstić information content (AvgIpc) is 2.95. The fourth-order valence-electron chi connectivity index (χ4n) is 4.49. The van der Waals surface area contributed by atoms with Crippen LogP contribution in [0.5, 0.6) is 0 Å². The molecule has 0 atom stereocenters. The number of amides is 2. The van der Waals surface area contributed by atoms with Gasteiger partial charge in [0.25, 0.3) is 5.91 Å². The first-order valence-corrected chi connectivity index (χ1v) is 10.2. The lowest BCUT2D eigenvalue weighted by molar-refractivity contribution is -0.137. The lowest BCUT2D eigenvalue weighted by Crippen LogP contribution is -2.48. The Hall–Kier alpha value is -2.31. The van der Waals surface area contributed by atoms with Crippen molar-refractivity contribution in [1.82, 2.24) is 10.2 Å². The molecule has 4 nitrogen and oxygen atoms in total. The van der Waals surface area contributed by atoms with Gasteiger partial charge in [-0.05, 0) is 43.0 Å². The molecule has 7 heteroatoms. The summed E-state index contributed by atoms with van der Waals surface area (Å²) in [6.45, 7) is 4.39. The van der Waals surface area contributed by atoms with E-state index in [1.54, 1.807) is 17.9 Å². The Labute approximate surface area is 169 Å². The Bertz CT molecular complexity index is 824. The summed E-state index contributed by atoms with van der Waals surface area (Å²) >= 11 is 0. The topological polar surface area (TPSA) is 49.4 Å². The predicted molar refractivity (Wildman–Crippen MR) is 105 cm³/mol. The Morgan fingerprint density at radius 1 is 1.17 bits per heavy atom. The summed E-state index contributed by atoms with van der Waals surface area (Å²) in [4.78, 5) is 27.0. The molecule has 0 aromatic heterocycles. The normalized spacial score (nSPS) is 18.9. The minimum atomic E-state index is -4.48. The summed E-state index contributed by atoms with van der Waals surface area (Å²) < 4.78 is 39.7. The smallest absolute Gasteiger partial charge is 0.343 e. The molecule has 1 aromatic rings. The molecule has 29 heavy (non-hydrogen) atoms. The molecule has 1 aliphatic carbocycles. The van der Waals surface area contributed by atoms with Crippen molar-refractivity contribution in [2.24, 2.45) is 0 Å². The van der Waals surface area contributed by atoms with Gasteiger partial charge in [0.15, 0.2) is 0 Å². The summed E-state index contributed by atoms with van der Waals surface area (Å²) in [5.41, 5.74) is -0.0445. The predicted octanol–water partition coefficient (Wildman–Crippen LogP) is 4.55. The highest BCUT2D eigenvalue weighted by Gasteiger charge is 2.46. The summed E-state index contributed by atoms with van der Waals surface area (Å²) in [7, 11) is 0. The number of carbonyl (C=O) groups is 2. The molecule has 2 aliphatic rings. The van der Waals surface area contributed by atoms with E-state index in [0.29, 0.717) is 18.5 Å². The van der Waals surface area contributed by atoms with E-state index < -0.39 is 17.3 Å². The molecule has 1 saturated carbocycles. The van der Waals surface area contributed by atoms with Gasteiger partial charge >= 0.3 is 6.18 Å². The van der Waals surface area contributed by atoms with Gasteiger partial charge in [-0.2, -0.15) is 13.2 Å². The minimum Gasteiger partial charge on any atom is -0.343 e. The maximum atomic E-state index is 13.2. The first-order valence-electron chi connectivity index (χ1n) is 10.2. The van der Waals surface area contributed by atoms with Crippen molar-refractivity contribution in [3.05, 3.63) is 41.0 Å². The van der Waals surface area contributed by atoms with E-state index >= 15 is 0 Å². The molecular formula is C22H27F3N2O2. The van der Waals surface area contributed by atoms with Crippen LogP contribution in [0, 0.1) is 0 Å². The summed E-state index contributed by atoms with van der Waals surface area (Å²) in [6, 6.07) is 4.92. The fraction of sp³-hybridized carbons (Fsp3) is 0.545. The minimum absolute atomic E-state index is 0.0336. The molecule has 0 bridgehead atoms. The monoisotopic (exact) mass is 408 g/mol. The lowest BCUT2D eigenvalue weighted by Gasteiger charge is -2.38. The van der Waals surface area contributed by atoms with Crippen molar-refractivity contribution in [2.45, 2.75) is 64.1 Å². The number of nitrogens with one attached hydrogen (secondary N) is 1. The van der Waals surface area contributed by atoms with Crippen LogP contribution in [-0.4, -0.2) is 35.3 Å². The molecule has 1 spiro atoms. The van der Waals surface area contributed by atoms with E-state index in [1.165, 1.54) is 6.07 Å². The second-order valence-electron chi connectivity index (χ2n) is 7.79. The third-order valence-corrected chi connectivity index (χ3v) is 6.03. The summed E-state index contributed by atoms with van der Waals surface area (Å²) in [5, 5.41) is 3.08. The largest absolute Gasteiger partial charge is 0.416 e. The molecule has 158 valence electrons.